The monoisotopic (exact) mass is 516 g/mol. The molecule has 10 heteroatoms. The molecular weight excluding hydrogens is 491 g/mol. The number of carbonyl (C=O) groups is 2. The number of anilines is 1. The fourth-order valence-electron chi connectivity index (χ4n) is 3.68. The average molecular weight is 517 g/mol. The first-order chi connectivity index (χ1) is 16.9. The molecule has 1 atom stereocenters. The van der Waals surface area contributed by atoms with E-state index >= 15 is 0 Å². The van der Waals surface area contributed by atoms with E-state index < -0.39 is 5.91 Å². The first-order valence-corrected chi connectivity index (χ1v) is 12.5. The quantitative estimate of drug-likeness (QED) is 0.385. The molecule has 0 saturated carbocycles. The summed E-state index contributed by atoms with van der Waals surface area (Å²) in [6.45, 7) is 3.18. The third kappa shape index (κ3) is 6.59. The van der Waals surface area contributed by atoms with Crippen molar-refractivity contribution in [3.05, 3.63) is 58.8 Å². The van der Waals surface area contributed by atoms with Crippen molar-refractivity contribution in [2.45, 2.75) is 25.9 Å². The fraction of sp³-hybridized carbons (Fsp3) is 0.320. The minimum atomic E-state index is -0.391. The second-order valence-corrected chi connectivity index (χ2v) is 9.59. The second kappa shape index (κ2) is 11.7. The van der Waals surface area contributed by atoms with Crippen molar-refractivity contribution in [1.29, 1.82) is 0 Å². The normalized spacial score (nSPS) is 18.9. The Bertz CT molecular complexity index is 1130. The highest BCUT2D eigenvalue weighted by Crippen LogP contribution is 2.35. The third-order valence-corrected chi connectivity index (χ3v) is 6.71. The number of hydrogen-bond acceptors (Lipinski definition) is 7. The number of thioether (sulfide) groups is 1. The van der Waals surface area contributed by atoms with Crippen LogP contribution in [0.2, 0.25) is 0 Å². The molecule has 0 radical (unpaired) electrons. The van der Waals surface area contributed by atoms with Gasteiger partial charge in [0, 0.05) is 12.3 Å². The van der Waals surface area contributed by atoms with Crippen molar-refractivity contribution in [3.63, 3.8) is 0 Å². The van der Waals surface area contributed by atoms with E-state index in [-0.39, 0.29) is 24.4 Å². The molecule has 184 valence electrons. The first-order valence-electron chi connectivity index (χ1n) is 11.2. The van der Waals surface area contributed by atoms with Gasteiger partial charge in [0.15, 0.2) is 18.1 Å². The van der Waals surface area contributed by atoms with E-state index in [1.165, 1.54) is 36.0 Å². The second-order valence-electron chi connectivity index (χ2n) is 7.91. The van der Waals surface area contributed by atoms with Crippen molar-refractivity contribution in [1.82, 2.24) is 4.90 Å². The number of thiocarbonyl (C=S) groups is 1. The van der Waals surface area contributed by atoms with Crippen LogP contribution in [0.1, 0.15) is 25.3 Å². The number of ether oxygens (including phenoxy) is 3. The number of rotatable bonds is 9. The highest BCUT2D eigenvalue weighted by molar-refractivity contribution is 8.26. The summed E-state index contributed by atoms with van der Waals surface area (Å²) in [6.07, 6.45) is 3.72. The molecule has 0 aromatic heterocycles. The molecule has 4 rings (SSSR count). The van der Waals surface area contributed by atoms with Gasteiger partial charge in [0.25, 0.3) is 11.8 Å². The molecule has 0 bridgehead atoms. The predicted molar refractivity (Wildman–Crippen MR) is 137 cm³/mol. The van der Waals surface area contributed by atoms with Crippen molar-refractivity contribution < 1.29 is 28.2 Å². The van der Waals surface area contributed by atoms with Crippen LogP contribution in [-0.2, 0) is 14.3 Å². The fourth-order valence-corrected chi connectivity index (χ4v) is 4.95. The Labute approximate surface area is 212 Å². The van der Waals surface area contributed by atoms with Crippen LogP contribution in [0.3, 0.4) is 0 Å². The topological polar surface area (TPSA) is 77.1 Å². The molecule has 2 aromatic carbocycles. The Kier molecular flexibility index (Phi) is 8.37. The number of amides is 2. The Balaban J connectivity index is 1.41. The van der Waals surface area contributed by atoms with E-state index in [2.05, 4.69) is 5.32 Å². The zero-order valence-electron chi connectivity index (χ0n) is 19.1. The predicted octanol–water partition coefficient (Wildman–Crippen LogP) is 4.62. The Morgan fingerprint density at radius 1 is 1.26 bits per heavy atom. The lowest BCUT2D eigenvalue weighted by Gasteiger charge is -2.18. The van der Waals surface area contributed by atoms with Crippen LogP contribution in [0.25, 0.3) is 6.08 Å². The minimum absolute atomic E-state index is 0.0260. The van der Waals surface area contributed by atoms with E-state index in [4.69, 9.17) is 26.4 Å². The van der Waals surface area contributed by atoms with Crippen molar-refractivity contribution in [2.75, 3.05) is 31.7 Å². The van der Waals surface area contributed by atoms with Crippen molar-refractivity contribution >= 4 is 51.9 Å². The van der Waals surface area contributed by atoms with Gasteiger partial charge in [-0.15, -0.1) is 0 Å². The van der Waals surface area contributed by atoms with Crippen LogP contribution in [0.4, 0.5) is 10.1 Å². The summed E-state index contributed by atoms with van der Waals surface area (Å²) < 4.78 is 30.5. The lowest BCUT2D eigenvalue weighted by molar-refractivity contribution is -0.123. The number of halogens is 1. The number of benzene rings is 2. The molecule has 0 spiro atoms. The van der Waals surface area contributed by atoms with Crippen LogP contribution in [0.15, 0.2) is 47.4 Å². The third-order valence-electron chi connectivity index (χ3n) is 5.34. The summed E-state index contributed by atoms with van der Waals surface area (Å²) in [6, 6.07) is 10.7. The molecule has 2 aliphatic rings. The van der Waals surface area contributed by atoms with Gasteiger partial charge < -0.3 is 19.5 Å². The van der Waals surface area contributed by atoms with Gasteiger partial charge in [-0.1, -0.05) is 30.0 Å². The molecule has 35 heavy (non-hydrogen) atoms. The number of nitrogens with one attached hydrogen (secondary N) is 1. The number of carbonyl (C=O) groups excluding carboxylic acids is 2. The van der Waals surface area contributed by atoms with Gasteiger partial charge in [-0.25, -0.2) is 4.39 Å². The summed E-state index contributed by atoms with van der Waals surface area (Å²) in [5, 5.41) is 2.64. The van der Waals surface area contributed by atoms with Crippen LogP contribution in [-0.4, -0.2) is 53.5 Å². The maximum absolute atomic E-state index is 13.0. The van der Waals surface area contributed by atoms with Crippen molar-refractivity contribution in [3.8, 4) is 11.5 Å². The van der Waals surface area contributed by atoms with Gasteiger partial charge in [-0.3, -0.25) is 14.5 Å². The largest absolute Gasteiger partial charge is 0.490 e. The summed E-state index contributed by atoms with van der Waals surface area (Å²) in [5.41, 5.74) is 1.21. The van der Waals surface area contributed by atoms with E-state index in [1.807, 2.05) is 6.92 Å². The van der Waals surface area contributed by atoms with Crippen LogP contribution < -0.4 is 14.8 Å². The zero-order chi connectivity index (χ0) is 24.8. The molecule has 0 unspecified atom stereocenters. The molecule has 2 aromatic rings. The standard InChI is InChI=1S/C25H25FN2O5S2/c1-2-31-21-12-16(13-22-24(30)28(25(34)35-22)14-19-4-3-11-32-19)5-10-20(21)33-15-23(29)27-18-8-6-17(26)7-9-18/h5-10,12-13,19H,2-4,11,14-15H2,1H3,(H,27,29)/b22-13-/t19-/m1/s1. The van der Waals surface area contributed by atoms with E-state index in [0.717, 1.165) is 25.0 Å². The highest BCUT2D eigenvalue weighted by atomic mass is 32.2. The van der Waals surface area contributed by atoms with Crippen LogP contribution in [0.5, 0.6) is 11.5 Å². The summed E-state index contributed by atoms with van der Waals surface area (Å²) >= 11 is 6.68. The van der Waals surface area contributed by atoms with Gasteiger partial charge >= 0.3 is 0 Å². The Morgan fingerprint density at radius 3 is 2.77 bits per heavy atom. The highest BCUT2D eigenvalue weighted by Gasteiger charge is 2.34. The number of hydrogen-bond donors (Lipinski definition) is 1. The number of nitrogens with zero attached hydrogens (tertiary/aromatic N) is 1. The van der Waals surface area contributed by atoms with Gasteiger partial charge in [-0.05, 0) is 67.8 Å². The maximum atomic E-state index is 13.0. The van der Waals surface area contributed by atoms with Crippen molar-refractivity contribution in [2.24, 2.45) is 0 Å². The van der Waals surface area contributed by atoms with Gasteiger partial charge in [0.05, 0.1) is 24.2 Å². The molecule has 2 saturated heterocycles. The zero-order valence-corrected chi connectivity index (χ0v) is 20.8. The molecule has 2 amide bonds. The van der Waals surface area contributed by atoms with E-state index in [9.17, 15) is 14.0 Å². The Hall–Kier alpha value is -2.95. The Morgan fingerprint density at radius 2 is 2.06 bits per heavy atom. The first kappa shape index (κ1) is 25.2. The molecule has 1 N–H and O–H groups in total. The molecule has 0 aliphatic carbocycles. The van der Waals surface area contributed by atoms with Crippen LogP contribution in [0, 0.1) is 5.82 Å². The SMILES string of the molecule is CCOc1cc(/C=C2\SC(=S)N(C[C@H]3CCCO3)C2=O)ccc1OCC(=O)Nc1ccc(F)cc1. The summed E-state index contributed by atoms with van der Waals surface area (Å²) in [4.78, 5) is 27.2. The van der Waals surface area contributed by atoms with E-state index in [0.29, 0.717) is 39.6 Å². The smallest absolute Gasteiger partial charge is 0.266 e. The lowest BCUT2D eigenvalue weighted by Crippen LogP contribution is -2.35. The maximum Gasteiger partial charge on any atom is 0.266 e. The molecule has 2 fully saturated rings. The molecule has 2 aliphatic heterocycles. The lowest BCUT2D eigenvalue weighted by atomic mass is 10.1. The van der Waals surface area contributed by atoms with Gasteiger partial charge in [0.1, 0.15) is 10.1 Å². The molecule has 2 heterocycles. The van der Waals surface area contributed by atoms with Gasteiger partial charge in [-0.2, -0.15) is 0 Å². The summed E-state index contributed by atoms with van der Waals surface area (Å²) in [7, 11) is 0. The molecular formula is C25H25FN2O5S2. The molecule has 7 nitrogen and oxygen atoms in total. The average Bonchev–Trinajstić information content (AvgIpc) is 3.44. The van der Waals surface area contributed by atoms with E-state index in [1.54, 1.807) is 29.2 Å². The minimum Gasteiger partial charge on any atom is -0.490 e. The summed E-state index contributed by atoms with van der Waals surface area (Å²) in [5.74, 6) is -0.0649. The van der Waals surface area contributed by atoms with Gasteiger partial charge in [0.2, 0.25) is 0 Å². The van der Waals surface area contributed by atoms with Crippen LogP contribution >= 0.6 is 24.0 Å².